The third-order valence-corrected chi connectivity index (χ3v) is 5.02. The van der Waals surface area contributed by atoms with Crippen LogP contribution in [0.25, 0.3) is 0 Å². The molecule has 2 aromatic carbocycles. The van der Waals surface area contributed by atoms with Crippen LogP contribution in [0.3, 0.4) is 0 Å². The van der Waals surface area contributed by atoms with Gasteiger partial charge in [-0.3, -0.25) is 9.79 Å². The predicted octanol–water partition coefficient (Wildman–Crippen LogP) is 3.08. The smallest absolute Gasteiger partial charge is 0.230 e. The average molecular weight is 341 g/mol. The molecule has 2 aromatic rings. The third-order valence-electron chi connectivity index (χ3n) is 5.02. The molecule has 4 rings (SSSR count). The summed E-state index contributed by atoms with van der Waals surface area (Å²) in [6.07, 6.45) is -0.243. The number of nitrogens with two attached hydrogens (primary N) is 1. The van der Waals surface area contributed by atoms with E-state index in [1.54, 1.807) is 17.0 Å². The van der Waals surface area contributed by atoms with Crippen LogP contribution < -0.4 is 5.73 Å². The molecule has 4 nitrogen and oxygen atoms in total. The molecule has 0 aliphatic carbocycles. The fraction of sp³-hybridized carbons (Fsp3) is 0.263. The molecular formula is C19H17F2N3O. The number of amides is 1. The number of halogens is 2. The Morgan fingerprint density at radius 1 is 1.16 bits per heavy atom. The number of nitrogens with zero attached hydrogens (tertiary/aromatic N) is 2. The predicted molar refractivity (Wildman–Crippen MR) is 91.2 cm³/mol. The molecule has 3 unspecified atom stereocenters. The van der Waals surface area contributed by atoms with Crippen LogP contribution in [0, 0.1) is 11.6 Å². The number of hydrogen-bond acceptors (Lipinski definition) is 3. The highest BCUT2D eigenvalue weighted by Gasteiger charge is 2.52. The topological polar surface area (TPSA) is 58.7 Å². The molecule has 128 valence electrons. The van der Waals surface area contributed by atoms with Crippen LogP contribution in [-0.2, 0) is 4.79 Å². The van der Waals surface area contributed by atoms with Crippen molar-refractivity contribution in [3.63, 3.8) is 0 Å². The van der Waals surface area contributed by atoms with Gasteiger partial charge in [0.25, 0.3) is 0 Å². The summed E-state index contributed by atoms with van der Waals surface area (Å²) < 4.78 is 27.4. The Labute approximate surface area is 144 Å². The fourth-order valence-corrected chi connectivity index (χ4v) is 3.74. The van der Waals surface area contributed by atoms with Gasteiger partial charge in [0.1, 0.15) is 17.8 Å². The third kappa shape index (κ3) is 2.49. The van der Waals surface area contributed by atoms with Gasteiger partial charge in [-0.15, -0.1) is 0 Å². The van der Waals surface area contributed by atoms with Crippen LogP contribution in [0.15, 0.2) is 47.5 Å². The zero-order valence-electron chi connectivity index (χ0n) is 13.6. The summed E-state index contributed by atoms with van der Waals surface area (Å²) >= 11 is 0. The van der Waals surface area contributed by atoms with Crippen molar-refractivity contribution in [2.24, 2.45) is 4.99 Å². The van der Waals surface area contributed by atoms with Gasteiger partial charge in [-0.1, -0.05) is 18.2 Å². The highest BCUT2D eigenvalue weighted by Crippen LogP contribution is 2.44. The largest absolute Gasteiger partial charge is 0.399 e. The molecule has 1 amide bonds. The van der Waals surface area contributed by atoms with Gasteiger partial charge in [0.05, 0.1) is 12.1 Å². The summed E-state index contributed by atoms with van der Waals surface area (Å²) in [5.41, 5.74) is 8.24. The average Bonchev–Trinajstić information content (AvgIpc) is 2.57. The van der Waals surface area contributed by atoms with Crippen molar-refractivity contribution in [1.82, 2.24) is 4.90 Å². The summed E-state index contributed by atoms with van der Waals surface area (Å²) in [7, 11) is 0. The molecule has 1 fully saturated rings. The standard InChI is InChI=1S/C19H17F2N3O/c1-10-18(14-7-4-12(20)8-15(14)21)19-23-16(9-17(25)24(10)19)11-2-5-13(22)6-3-11/h2-8,10,18-19H,9,22H2,1H3. The van der Waals surface area contributed by atoms with Gasteiger partial charge < -0.3 is 10.6 Å². The van der Waals surface area contributed by atoms with Crippen LogP contribution in [0.4, 0.5) is 14.5 Å². The van der Waals surface area contributed by atoms with Gasteiger partial charge in [0.15, 0.2) is 0 Å². The van der Waals surface area contributed by atoms with Crippen molar-refractivity contribution in [2.75, 3.05) is 5.73 Å². The molecular weight excluding hydrogens is 324 g/mol. The number of benzene rings is 2. The van der Waals surface area contributed by atoms with Gasteiger partial charge >= 0.3 is 0 Å². The molecule has 0 saturated carbocycles. The van der Waals surface area contributed by atoms with E-state index < -0.39 is 17.8 Å². The van der Waals surface area contributed by atoms with E-state index in [-0.39, 0.29) is 24.3 Å². The lowest BCUT2D eigenvalue weighted by Crippen LogP contribution is -2.64. The molecule has 3 atom stereocenters. The summed E-state index contributed by atoms with van der Waals surface area (Å²) in [5.74, 6) is -1.53. The van der Waals surface area contributed by atoms with Crippen LogP contribution in [0.1, 0.15) is 30.4 Å². The molecule has 0 bridgehead atoms. The van der Waals surface area contributed by atoms with E-state index in [9.17, 15) is 13.6 Å². The number of hydrogen-bond donors (Lipinski definition) is 1. The number of carbonyl (C=O) groups excluding carboxylic acids is 1. The minimum atomic E-state index is -0.615. The lowest BCUT2D eigenvalue weighted by molar-refractivity contribution is -0.146. The van der Waals surface area contributed by atoms with E-state index in [1.807, 2.05) is 19.1 Å². The SMILES string of the molecule is CC1C(c2ccc(F)cc2F)C2N=C(c3ccc(N)cc3)CC(=O)N12. The first-order valence-electron chi connectivity index (χ1n) is 8.14. The van der Waals surface area contributed by atoms with Gasteiger partial charge in [0.2, 0.25) is 5.91 Å². The Balaban J connectivity index is 1.71. The lowest BCUT2D eigenvalue weighted by Gasteiger charge is -2.54. The molecule has 0 radical (unpaired) electrons. The van der Waals surface area contributed by atoms with E-state index in [0.29, 0.717) is 17.0 Å². The first kappa shape index (κ1) is 15.7. The number of fused-ring (bicyclic) bond motifs is 1. The number of anilines is 1. The Bertz CT molecular complexity index is 879. The lowest BCUT2D eigenvalue weighted by atomic mass is 9.78. The summed E-state index contributed by atoms with van der Waals surface area (Å²) in [4.78, 5) is 18.9. The Morgan fingerprint density at radius 2 is 1.88 bits per heavy atom. The molecule has 2 aliphatic heterocycles. The normalized spacial score (nSPS) is 25.2. The molecule has 2 N–H and O–H groups in total. The second-order valence-electron chi connectivity index (χ2n) is 6.52. The van der Waals surface area contributed by atoms with Crippen molar-refractivity contribution in [3.05, 3.63) is 65.2 Å². The minimum Gasteiger partial charge on any atom is -0.399 e. The van der Waals surface area contributed by atoms with Crippen molar-refractivity contribution < 1.29 is 13.6 Å². The molecule has 25 heavy (non-hydrogen) atoms. The van der Waals surface area contributed by atoms with E-state index in [4.69, 9.17) is 10.7 Å². The van der Waals surface area contributed by atoms with Gasteiger partial charge in [-0.2, -0.15) is 0 Å². The minimum absolute atomic E-state index is 0.0295. The fourth-order valence-electron chi connectivity index (χ4n) is 3.74. The van der Waals surface area contributed by atoms with Crippen molar-refractivity contribution in [1.29, 1.82) is 0 Å². The Kier molecular flexibility index (Phi) is 3.56. The Morgan fingerprint density at radius 3 is 2.56 bits per heavy atom. The molecule has 2 aliphatic rings. The van der Waals surface area contributed by atoms with Crippen LogP contribution in [0.5, 0.6) is 0 Å². The maximum Gasteiger partial charge on any atom is 0.230 e. The van der Waals surface area contributed by atoms with E-state index >= 15 is 0 Å². The maximum atomic E-state index is 14.2. The monoisotopic (exact) mass is 341 g/mol. The Hall–Kier alpha value is -2.76. The van der Waals surface area contributed by atoms with Crippen LogP contribution >= 0.6 is 0 Å². The zero-order chi connectivity index (χ0) is 17.7. The van der Waals surface area contributed by atoms with E-state index in [1.165, 1.54) is 12.1 Å². The summed E-state index contributed by atoms with van der Waals surface area (Å²) in [5, 5.41) is 0. The van der Waals surface area contributed by atoms with E-state index in [2.05, 4.69) is 0 Å². The highest BCUT2D eigenvalue weighted by molar-refractivity contribution is 6.12. The first-order valence-corrected chi connectivity index (χ1v) is 8.14. The maximum absolute atomic E-state index is 14.2. The van der Waals surface area contributed by atoms with Crippen molar-refractivity contribution in [2.45, 2.75) is 31.5 Å². The highest BCUT2D eigenvalue weighted by atomic mass is 19.1. The molecule has 0 aromatic heterocycles. The molecule has 6 heteroatoms. The number of carbonyl (C=O) groups is 1. The molecule has 2 heterocycles. The molecule has 0 spiro atoms. The van der Waals surface area contributed by atoms with Gasteiger partial charge in [-0.05, 0) is 36.2 Å². The quantitative estimate of drug-likeness (QED) is 0.854. The summed E-state index contributed by atoms with van der Waals surface area (Å²) in [6, 6.07) is 10.6. The van der Waals surface area contributed by atoms with Crippen molar-refractivity contribution >= 4 is 17.3 Å². The molecule has 1 saturated heterocycles. The number of aliphatic imine (C=N–C) groups is 1. The van der Waals surface area contributed by atoms with Crippen LogP contribution in [0.2, 0.25) is 0 Å². The first-order chi connectivity index (χ1) is 12.0. The van der Waals surface area contributed by atoms with Crippen molar-refractivity contribution in [3.8, 4) is 0 Å². The second kappa shape index (κ2) is 5.65. The number of rotatable bonds is 2. The van der Waals surface area contributed by atoms with Gasteiger partial charge in [-0.25, -0.2) is 8.78 Å². The van der Waals surface area contributed by atoms with Gasteiger partial charge in [0, 0.05) is 23.7 Å². The summed E-state index contributed by atoms with van der Waals surface area (Å²) in [6.45, 7) is 1.87. The zero-order valence-corrected chi connectivity index (χ0v) is 13.6. The number of nitrogen functional groups attached to an aromatic ring is 1. The second-order valence-corrected chi connectivity index (χ2v) is 6.52. The van der Waals surface area contributed by atoms with Crippen LogP contribution in [-0.4, -0.2) is 28.7 Å². The van der Waals surface area contributed by atoms with E-state index in [0.717, 1.165) is 11.6 Å².